The van der Waals surface area contributed by atoms with Gasteiger partial charge in [0.1, 0.15) is 5.01 Å². The number of aryl methyl sites for hydroxylation is 1. The van der Waals surface area contributed by atoms with E-state index in [4.69, 9.17) is 11.6 Å². The van der Waals surface area contributed by atoms with Gasteiger partial charge in [-0.05, 0) is 13.0 Å². The molecular weight excluding hydrogens is 283 g/mol. The van der Waals surface area contributed by atoms with Crippen LogP contribution in [0.5, 0.6) is 0 Å². The summed E-state index contributed by atoms with van der Waals surface area (Å²) in [5.41, 5.74) is 0.122. The molecule has 2 aromatic rings. The van der Waals surface area contributed by atoms with Crippen LogP contribution in [0.15, 0.2) is 24.3 Å². The molecule has 1 aromatic carbocycles. The van der Waals surface area contributed by atoms with Crippen LogP contribution in [0.1, 0.15) is 16.1 Å². The van der Waals surface area contributed by atoms with Crippen molar-refractivity contribution in [1.82, 2.24) is 4.98 Å². The summed E-state index contributed by atoms with van der Waals surface area (Å²) < 4.78 is 38.6. The molecule has 0 aliphatic rings. The lowest BCUT2D eigenvalue weighted by Gasteiger charge is -2.10. The van der Waals surface area contributed by atoms with E-state index in [1.54, 1.807) is 13.0 Å². The van der Waals surface area contributed by atoms with E-state index in [0.717, 1.165) is 10.9 Å². The molecule has 1 heterocycles. The van der Waals surface area contributed by atoms with Gasteiger partial charge in [0.25, 0.3) is 0 Å². The highest BCUT2D eigenvalue weighted by molar-refractivity contribution is 7.15. The van der Waals surface area contributed by atoms with Crippen LogP contribution in [-0.4, -0.2) is 4.98 Å². The average molecular weight is 292 g/mol. The monoisotopic (exact) mass is 291 g/mol. The third-order valence-electron chi connectivity index (χ3n) is 2.48. The van der Waals surface area contributed by atoms with Gasteiger partial charge in [-0.2, -0.15) is 13.2 Å². The fourth-order valence-electron chi connectivity index (χ4n) is 1.58. The van der Waals surface area contributed by atoms with Crippen molar-refractivity contribution in [2.75, 3.05) is 0 Å². The third kappa shape index (κ3) is 2.52. The minimum atomic E-state index is -4.38. The number of rotatable bonds is 2. The van der Waals surface area contributed by atoms with E-state index in [-0.39, 0.29) is 11.4 Å². The molecule has 0 saturated heterocycles. The van der Waals surface area contributed by atoms with Gasteiger partial charge in [-0.15, -0.1) is 22.9 Å². The summed E-state index contributed by atoms with van der Waals surface area (Å²) in [4.78, 5) is 4.95. The maximum Gasteiger partial charge on any atom is 0.417 e. The first-order valence-corrected chi connectivity index (χ1v) is 6.47. The first kappa shape index (κ1) is 13.4. The van der Waals surface area contributed by atoms with E-state index in [1.165, 1.54) is 23.5 Å². The van der Waals surface area contributed by atoms with Crippen LogP contribution in [0.3, 0.4) is 0 Å². The molecule has 0 unspecified atom stereocenters. The molecule has 0 aliphatic heterocycles. The number of alkyl halides is 4. The Labute approximate surface area is 111 Å². The van der Waals surface area contributed by atoms with Crippen molar-refractivity contribution < 1.29 is 13.2 Å². The summed E-state index contributed by atoms with van der Waals surface area (Å²) in [6.07, 6.45) is -4.38. The van der Waals surface area contributed by atoms with Crippen molar-refractivity contribution in [2.24, 2.45) is 0 Å². The van der Waals surface area contributed by atoms with Crippen LogP contribution in [0.4, 0.5) is 13.2 Å². The molecule has 18 heavy (non-hydrogen) atoms. The Balaban J connectivity index is 2.57. The molecular formula is C12H9ClF3NS. The Morgan fingerprint density at radius 1 is 1.28 bits per heavy atom. The van der Waals surface area contributed by atoms with Crippen molar-refractivity contribution >= 4 is 22.9 Å². The molecule has 0 spiro atoms. The Morgan fingerprint density at radius 2 is 1.94 bits per heavy atom. The van der Waals surface area contributed by atoms with Crippen LogP contribution in [-0.2, 0) is 12.1 Å². The summed E-state index contributed by atoms with van der Waals surface area (Å²) >= 11 is 6.91. The number of aromatic nitrogens is 1. The molecule has 0 saturated carbocycles. The molecule has 96 valence electrons. The number of thiazole rings is 1. The summed E-state index contributed by atoms with van der Waals surface area (Å²) in [6, 6.07) is 5.43. The number of benzene rings is 1. The van der Waals surface area contributed by atoms with E-state index >= 15 is 0 Å². The summed E-state index contributed by atoms with van der Waals surface area (Å²) in [5.74, 6) is 0.262. The molecule has 1 nitrogen and oxygen atoms in total. The highest BCUT2D eigenvalue weighted by atomic mass is 35.5. The second-order valence-electron chi connectivity index (χ2n) is 3.70. The quantitative estimate of drug-likeness (QED) is 0.719. The highest BCUT2D eigenvalue weighted by Crippen LogP contribution is 2.39. The van der Waals surface area contributed by atoms with E-state index in [1.807, 2.05) is 0 Å². The highest BCUT2D eigenvalue weighted by Gasteiger charge is 2.34. The SMILES string of the molecule is Cc1nc(-c2ccccc2C(F)(F)F)sc1CCl. The Morgan fingerprint density at radius 3 is 2.50 bits per heavy atom. The third-order valence-corrected chi connectivity index (χ3v) is 4.09. The smallest absolute Gasteiger partial charge is 0.241 e. The van der Waals surface area contributed by atoms with Crippen molar-refractivity contribution in [2.45, 2.75) is 19.0 Å². The van der Waals surface area contributed by atoms with Gasteiger partial charge in [0.15, 0.2) is 0 Å². The molecule has 0 fully saturated rings. The second kappa shape index (κ2) is 4.90. The molecule has 0 aliphatic carbocycles. The van der Waals surface area contributed by atoms with E-state index in [9.17, 15) is 13.2 Å². The van der Waals surface area contributed by atoms with Gasteiger partial charge in [-0.25, -0.2) is 4.98 Å². The average Bonchev–Trinajstić information content (AvgIpc) is 2.69. The van der Waals surface area contributed by atoms with Gasteiger partial charge < -0.3 is 0 Å². The lowest BCUT2D eigenvalue weighted by Crippen LogP contribution is -2.06. The van der Waals surface area contributed by atoms with Gasteiger partial charge in [0.2, 0.25) is 0 Å². The fraction of sp³-hybridized carbons (Fsp3) is 0.250. The zero-order valence-corrected chi connectivity index (χ0v) is 11.0. The van der Waals surface area contributed by atoms with Crippen molar-refractivity contribution in [3.63, 3.8) is 0 Å². The van der Waals surface area contributed by atoms with Crippen LogP contribution >= 0.6 is 22.9 Å². The van der Waals surface area contributed by atoms with Crippen LogP contribution in [0.25, 0.3) is 10.6 Å². The van der Waals surface area contributed by atoms with Crippen molar-refractivity contribution in [1.29, 1.82) is 0 Å². The topological polar surface area (TPSA) is 12.9 Å². The largest absolute Gasteiger partial charge is 0.417 e. The normalized spacial score (nSPS) is 11.8. The molecule has 0 bridgehead atoms. The molecule has 0 amide bonds. The van der Waals surface area contributed by atoms with Gasteiger partial charge in [-0.3, -0.25) is 0 Å². The molecule has 0 radical (unpaired) electrons. The van der Waals surface area contributed by atoms with Gasteiger partial charge in [-0.1, -0.05) is 18.2 Å². The Bertz CT molecular complexity index is 563. The van der Waals surface area contributed by atoms with Crippen molar-refractivity contribution in [3.8, 4) is 10.6 Å². The van der Waals surface area contributed by atoms with Crippen LogP contribution < -0.4 is 0 Å². The fourth-order valence-corrected chi connectivity index (χ4v) is 2.89. The molecule has 2 rings (SSSR count). The van der Waals surface area contributed by atoms with E-state index in [0.29, 0.717) is 10.7 Å². The predicted octanol–water partition coefficient (Wildman–Crippen LogP) is 4.88. The predicted molar refractivity (Wildman–Crippen MR) is 66.8 cm³/mol. The standard InChI is InChI=1S/C12H9ClF3NS/c1-7-10(6-13)18-11(17-7)8-4-2-3-5-9(8)12(14,15)16/h2-5H,6H2,1H3. The minimum absolute atomic E-state index is 0.106. The van der Waals surface area contributed by atoms with E-state index < -0.39 is 11.7 Å². The van der Waals surface area contributed by atoms with Crippen LogP contribution in [0, 0.1) is 6.92 Å². The number of halogens is 4. The van der Waals surface area contributed by atoms with Crippen LogP contribution in [0.2, 0.25) is 0 Å². The molecule has 0 atom stereocenters. The Hall–Kier alpha value is -1.07. The maximum atomic E-state index is 12.9. The number of hydrogen-bond acceptors (Lipinski definition) is 2. The second-order valence-corrected chi connectivity index (χ2v) is 5.06. The lowest BCUT2D eigenvalue weighted by atomic mass is 10.1. The summed E-state index contributed by atoms with van der Waals surface area (Å²) in [7, 11) is 0. The van der Waals surface area contributed by atoms with E-state index in [2.05, 4.69) is 4.98 Å². The molecule has 6 heteroatoms. The van der Waals surface area contributed by atoms with Crippen molar-refractivity contribution in [3.05, 3.63) is 40.4 Å². The first-order chi connectivity index (χ1) is 8.43. The lowest BCUT2D eigenvalue weighted by molar-refractivity contribution is -0.137. The van der Waals surface area contributed by atoms with Gasteiger partial charge >= 0.3 is 6.18 Å². The number of nitrogens with zero attached hydrogens (tertiary/aromatic N) is 1. The minimum Gasteiger partial charge on any atom is -0.241 e. The molecule has 0 N–H and O–H groups in total. The summed E-state index contributed by atoms with van der Waals surface area (Å²) in [5, 5.41) is 0.357. The zero-order valence-electron chi connectivity index (χ0n) is 9.38. The summed E-state index contributed by atoms with van der Waals surface area (Å²) in [6.45, 7) is 1.74. The Kier molecular flexibility index (Phi) is 3.64. The zero-order chi connectivity index (χ0) is 13.3. The van der Waals surface area contributed by atoms with Gasteiger partial charge in [0, 0.05) is 10.4 Å². The number of hydrogen-bond donors (Lipinski definition) is 0. The maximum absolute atomic E-state index is 12.9. The first-order valence-electron chi connectivity index (χ1n) is 5.12. The molecule has 1 aromatic heterocycles. The van der Waals surface area contributed by atoms with Gasteiger partial charge in [0.05, 0.1) is 17.1 Å².